The van der Waals surface area contributed by atoms with E-state index in [1.807, 2.05) is 10.4 Å². The van der Waals surface area contributed by atoms with Gasteiger partial charge in [-0.1, -0.05) is 17.7 Å². The molecule has 1 heterocycles. The van der Waals surface area contributed by atoms with Crippen LogP contribution in [0, 0.1) is 16.6 Å². The first kappa shape index (κ1) is 28.4. The van der Waals surface area contributed by atoms with Crippen molar-refractivity contribution in [1.82, 2.24) is 5.01 Å². The summed E-state index contributed by atoms with van der Waals surface area (Å²) in [5.41, 5.74) is 7.01. The van der Waals surface area contributed by atoms with Crippen molar-refractivity contribution in [3.05, 3.63) is 107 Å². The average molecular weight is 556 g/mol. The Balaban J connectivity index is 1.60. The van der Waals surface area contributed by atoms with Gasteiger partial charge in [-0.3, -0.25) is 4.99 Å². The van der Waals surface area contributed by atoms with Gasteiger partial charge in [0, 0.05) is 53.7 Å². The molecule has 1 aliphatic heterocycles. The molecule has 10 heteroatoms. The summed E-state index contributed by atoms with van der Waals surface area (Å²) in [4.78, 5) is 3.74. The molecule has 0 amide bonds. The summed E-state index contributed by atoms with van der Waals surface area (Å²) in [5, 5.41) is 15.3. The Morgan fingerprint density at radius 3 is 2.46 bits per heavy atom. The number of fused-ring (bicyclic) bond motifs is 1. The Kier molecular flexibility index (Phi) is 8.76. The summed E-state index contributed by atoms with van der Waals surface area (Å²) in [5.74, 6) is 0.286. The molecule has 2 aromatic carbocycles. The molecular weight excluding hydrogens is 526 g/mol. The van der Waals surface area contributed by atoms with Gasteiger partial charge in [-0.05, 0) is 85.1 Å². The fourth-order valence-electron chi connectivity index (χ4n) is 4.85. The summed E-state index contributed by atoms with van der Waals surface area (Å²) < 4.78 is 52.4. The van der Waals surface area contributed by atoms with E-state index in [4.69, 9.17) is 5.41 Å². The fraction of sp³-hybridized carbons (Fsp3) is 0.241. The maximum atomic E-state index is 13.4. The Morgan fingerprint density at radius 1 is 1.13 bits per heavy atom. The van der Waals surface area contributed by atoms with Gasteiger partial charge in [0.25, 0.3) is 0 Å². The lowest BCUT2D eigenvalue weighted by Gasteiger charge is -2.48. The number of aliphatic imine (C=N–C) groups is 1. The summed E-state index contributed by atoms with van der Waals surface area (Å²) in [7, 11) is 0. The second kappa shape index (κ2) is 12.0. The predicted molar refractivity (Wildman–Crippen MR) is 153 cm³/mol. The van der Waals surface area contributed by atoms with Crippen LogP contribution < -0.4 is 10.7 Å². The predicted octanol–water partition coefficient (Wildman–Crippen LogP) is 7.67. The molecule has 4 rings (SSSR count). The quantitative estimate of drug-likeness (QED) is 0.160. The van der Waals surface area contributed by atoms with Gasteiger partial charge in [-0.25, -0.2) is 9.40 Å². The summed E-state index contributed by atoms with van der Waals surface area (Å²) in [6, 6.07) is 11.0. The molecule has 0 bridgehead atoms. The molecule has 39 heavy (non-hydrogen) atoms. The number of hydrogen-bond acceptors (Lipinski definition) is 6. The van der Waals surface area contributed by atoms with E-state index < -0.39 is 17.2 Å². The van der Waals surface area contributed by atoms with Gasteiger partial charge in [0.05, 0.1) is 5.56 Å². The average Bonchev–Trinajstić information content (AvgIpc) is 2.91. The van der Waals surface area contributed by atoms with E-state index in [9.17, 15) is 17.6 Å². The largest absolute Gasteiger partial charge is 0.416 e. The van der Waals surface area contributed by atoms with Crippen molar-refractivity contribution in [2.45, 2.75) is 19.0 Å². The summed E-state index contributed by atoms with van der Waals surface area (Å²) in [6.07, 6.45) is 1.79. The first-order valence-corrected chi connectivity index (χ1v) is 13.3. The number of thioether (sulfide) groups is 1. The van der Waals surface area contributed by atoms with Crippen LogP contribution in [0.1, 0.15) is 18.4 Å². The third kappa shape index (κ3) is 6.69. The highest BCUT2D eigenvalue weighted by molar-refractivity contribution is 8.02. The van der Waals surface area contributed by atoms with Gasteiger partial charge >= 0.3 is 6.18 Å². The summed E-state index contributed by atoms with van der Waals surface area (Å²) in [6.45, 7) is 9.03. The van der Waals surface area contributed by atoms with E-state index in [2.05, 4.69) is 35.1 Å². The molecule has 0 aromatic heterocycles. The van der Waals surface area contributed by atoms with Crippen LogP contribution in [0.25, 0.3) is 0 Å². The standard InChI is InChI=1S/C29H29F4N5S/c1-20(18-39-14-12-35-2)28-16-21(17-34)27(36-25-9-5-24(30)6-10-25)15-23(28)11-13-38(19-28)37-26-7-3-22(4-8-26)29(31,32)33/h3-10,12,14-15,17,34,36-37H,1-2,11,13,16,18-19H2/b14-12-,34-17?. The molecule has 1 unspecified atom stereocenters. The highest BCUT2D eigenvalue weighted by Gasteiger charge is 2.44. The number of nitrogens with zero attached hydrogens (tertiary/aromatic N) is 2. The second-order valence-corrected chi connectivity index (χ2v) is 10.3. The van der Waals surface area contributed by atoms with Gasteiger partial charge < -0.3 is 16.2 Å². The maximum absolute atomic E-state index is 13.4. The molecule has 0 radical (unpaired) electrons. The highest BCUT2D eigenvalue weighted by Crippen LogP contribution is 2.50. The highest BCUT2D eigenvalue weighted by atomic mass is 32.2. The van der Waals surface area contributed by atoms with Crippen LogP contribution in [-0.2, 0) is 6.18 Å². The Labute approximate surface area is 229 Å². The molecule has 3 N–H and O–H groups in total. The van der Waals surface area contributed by atoms with E-state index >= 15 is 0 Å². The van der Waals surface area contributed by atoms with Gasteiger partial charge in [-0.2, -0.15) is 13.2 Å². The smallest absolute Gasteiger partial charge is 0.355 e. The van der Waals surface area contributed by atoms with Crippen LogP contribution >= 0.6 is 11.8 Å². The van der Waals surface area contributed by atoms with Crippen LogP contribution in [-0.4, -0.2) is 36.8 Å². The zero-order valence-electron chi connectivity index (χ0n) is 21.2. The normalized spacial score (nSPS) is 19.8. The fourth-order valence-corrected chi connectivity index (χ4v) is 5.60. The number of hydrogen-bond donors (Lipinski definition) is 3. The second-order valence-electron chi connectivity index (χ2n) is 9.38. The van der Waals surface area contributed by atoms with E-state index in [0.717, 1.165) is 34.5 Å². The van der Waals surface area contributed by atoms with Gasteiger partial charge in [-0.15, -0.1) is 11.8 Å². The first-order valence-electron chi connectivity index (χ1n) is 12.2. The zero-order valence-corrected chi connectivity index (χ0v) is 22.0. The number of nitrogens with one attached hydrogen (secondary N) is 3. The van der Waals surface area contributed by atoms with Crippen molar-refractivity contribution in [2.75, 3.05) is 29.6 Å². The monoisotopic (exact) mass is 555 g/mol. The van der Waals surface area contributed by atoms with Crippen molar-refractivity contribution in [3.63, 3.8) is 0 Å². The lowest BCUT2D eigenvalue weighted by atomic mass is 9.65. The summed E-state index contributed by atoms with van der Waals surface area (Å²) >= 11 is 1.54. The van der Waals surface area contributed by atoms with Crippen molar-refractivity contribution in [2.24, 2.45) is 10.4 Å². The zero-order chi connectivity index (χ0) is 28.0. The number of piperidine rings is 1. The minimum atomic E-state index is -4.39. The molecule has 1 atom stereocenters. The van der Waals surface area contributed by atoms with E-state index in [1.165, 1.54) is 30.5 Å². The molecule has 2 aliphatic rings. The van der Waals surface area contributed by atoms with Crippen LogP contribution in [0.5, 0.6) is 0 Å². The number of rotatable bonds is 10. The lowest BCUT2D eigenvalue weighted by molar-refractivity contribution is -0.137. The molecule has 1 aliphatic carbocycles. The lowest BCUT2D eigenvalue weighted by Crippen LogP contribution is -2.49. The van der Waals surface area contributed by atoms with Crippen LogP contribution in [0.4, 0.5) is 28.9 Å². The van der Waals surface area contributed by atoms with Gasteiger partial charge in [0.2, 0.25) is 0 Å². The van der Waals surface area contributed by atoms with Crippen LogP contribution in [0.3, 0.4) is 0 Å². The molecule has 204 valence electrons. The molecule has 2 aromatic rings. The number of hydrazine groups is 1. The maximum Gasteiger partial charge on any atom is 0.416 e. The number of benzene rings is 2. The van der Waals surface area contributed by atoms with E-state index in [-0.39, 0.29) is 5.82 Å². The molecule has 1 fully saturated rings. The van der Waals surface area contributed by atoms with E-state index in [1.54, 1.807) is 30.1 Å². The Morgan fingerprint density at radius 2 is 1.82 bits per heavy atom. The number of alkyl halides is 3. The Hall–Kier alpha value is -3.63. The number of anilines is 2. The first-order chi connectivity index (χ1) is 18.6. The molecule has 0 saturated carbocycles. The molecule has 0 spiro atoms. The third-order valence-corrected chi connectivity index (χ3v) is 7.71. The van der Waals surface area contributed by atoms with Crippen LogP contribution in [0.15, 0.2) is 100 Å². The molecular formula is C29H29F4N5S. The van der Waals surface area contributed by atoms with Crippen LogP contribution in [0.2, 0.25) is 0 Å². The van der Waals surface area contributed by atoms with Crippen molar-refractivity contribution < 1.29 is 17.6 Å². The van der Waals surface area contributed by atoms with Crippen molar-refractivity contribution in [3.8, 4) is 0 Å². The van der Waals surface area contributed by atoms with E-state index in [0.29, 0.717) is 43.1 Å². The number of halogens is 4. The Bertz CT molecular complexity index is 1310. The molecule has 5 nitrogen and oxygen atoms in total. The topological polar surface area (TPSA) is 63.5 Å². The minimum Gasteiger partial charge on any atom is -0.355 e. The molecule has 1 saturated heterocycles. The minimum absolute atomic E-state index is 0.328. The third-order valence-electron chi connectivity index (χ3n) is 6.88. The van der Waals surface area contributed by atoms with Crippen molar-refractivity contribution in [1.29, 1.82) is 5.41 Å². The van der Waals surface area contributed by atoms with Crippen molar-refractivity contribution >= 4 is 36.1 Å². The SMILES string of the molecule is C=N/C=C\SCC(=C)C12CC(C=N)=C(Nc3ccc(F)cc3)C=C1CCN(Nc1ccc(C(F)(F)F)cc1)C2. The van der Waals surface area contributed by atoms with Gasteiger partial charge in [0.15, 0.2) is 0 Å². The number of allylic oxidation sites excluding steroid dienone is 2. The van der Waals surface area contributed by atoms with Gasteiger partial charge in [0.1, 0.15) is 5.82 Å².